The van der Waals surface area contributed by atoms with Crippen molar-refractivity contribution in [1.29, 1.82) is 0 Å². The number of unbranched alkanes of at least 4 members (excludes halogenated alkanes) is 1. The number of carbonyl (C=O) groups excluding carboxylic acids is 1. The van der Waals surface area contributed by atoms with E-state index < -0.39 is 0 Å². The lowest BCUT2D eigenvalue weighted by Crippen LogP contribution is -2.26. The van der Waals surface area contributed by atoms with Crippen molar-refractivity contribution in [3.8, 4) is 5.75 Å². The van der Waals surface area contributed by atoms with Crippen LogP contribution in [0.5, 0.6) is 5.75 Å². The van der Waals surface area contributed by atoms with E-state index in [1.807, 2.05) is 19.9 Å². The Morgan fingerprint density at radius 3 is 2.67 bits per heavy atom. The van der Waals surface area contributed by atoms with E-state index in [0.29, 0.717) is 25.3 Å². The third kappa shape index (κ3) is 4.88. The van der Waals surface area contributed by atoms with Gasteiger partial charge in [0.1, 0.15) is 17.1 Å². The average Bonchev–Trinajstić information content (AvgIpc) is 3.06. The Hall–Kier alpha value is -2.82. The molecule has 142 valence electrons. The van der Waals surface area contributed by atoms with Crippen molar-refractivity contribution in [3.63, 3.8) is 0 Å². The van der Waals surface area contributed by atoms with Crippen LogP contribution in [0.15, 0.2) is 47.1 Å². The molecule has 0 aliphatic rings. The number of hydrogen-bond acceptors (Lipinski definition) is 3. The number of ether oxygens (including phenoxy) is 1. The molecule has 1 amide bonds. The van der Waals surface area contributed by atoms with Gasteiger partial charge in [0, 0.05) is 17.5 Å². The van der Waals surface area contributed by atoms with Crippen LogP contribution >= 0.6 is 0 Å². The van der Waals surface area contributed by atoms with Crippen molar-refractivity contribution in [1.82, 2.24) is 5.32 Å². The maximum Gasteiger partial charge on any atom is 0.224 e. The zero-order valence-electron chi connectivity index (χ0n) is 15.7. The first-order chi connectivity index (χ1) is 13.0. The zero-order chi connectivity index (χ0) is 19.2. The van der Waals surface area contributed by atoms with Gasteiger partial charge in [-0.25, -0.2) is 4.39 Å². The van der Waals surface area contributed by atoms with Crippen LogP contribution < -0.4 is 10.1 Å². The number of amides is 1. The number of rotatable bonds is 8. The van der Waals surface area contributed by atoms with Crippen LogP contribution in [0.2, 0.25) is 0 Å². The molecule has 1 N–H and O–H groups in total. The second-order valence-corrected chi connectivity index (χ2v) is 6.68. The number of halogens is 1. The standard InChI is InChI=1S/C22H24FNO3/c1-15-5-10-20-17(14-27-22(20)16(15)2)13-21(25)24-11-3-4-12-26-19-8-6-18(23)7-9-19/h5-10,14H,3-4,11-13H2,1-2H3,(H,24,25). The molecule has 0 aliphatic carbocycles. The lowest BCUT2D eigenvalue weighted by Gasteiger charge is -2.07. The second kappa shape index (κ2) is 8.71. The lowest BCUT2D eigenvalue weighted by molar-refractivity contribution is -0.120. The molecule has 3 rings (SSSR count). The molecular formula is C22H24FNO3. The summed E-state index contributed by atoms with van der Waals surface area (Å²) in [5.74, 6) is 0.356. The third-order valence-electron chi connectivity index (χ3n) is 4.67. The summed E-state index contributed by atoms with van der Waals surface area (Å²) in [6, 6.07) is 10.0. The Balaban J connectivity index is 1.39. The molecule has 0 radical (unpaired) electrons. The Morgan fingerprint density at radius 2 is 1.89 bits per heavy atom. The predicted molar refractivity (Wildman–Crippen MR) is 104 cm³/mol. The van der Waals surface area contributed by atoms with Crippen LogP contribution in [0.4, 0.5) is 4.39 Å². The molecule has 1 aromatic heterocycles. The highest BCUT2D eigenvalue weighted by molar-refractivity contribution is 5.89. The molecule has 2 aromatic carbocycles. The summed E-state index contributed by atoms with van der Waals surface area (Å²) in [5.41, 5.74) is 4.05. The van der Waals surface area contributed by atoms with Crippen molar-refractivity contribution in [2.24, 2.45) is 0 Å². The van der Waals surface area contributed by atoms with E-state index in [2.05, 4.69) is 11.4 Å². The van der Waals surface area contributed by atoms with Gasteiger partial charge in [-0.1, -0.05) is 12.1 Å². The maximum atomic E-state index is 12.8. The fourth-order valence-corrected chi connectivity index (χ4v) is 2.94. The van der Waals surface area contributed by atoms with Crippen molar-refractivity contribution >= 4 is 16.9 Å². The van der Waals surface area contributed by atoms with Crippen molar-refractivity contribution in [2.45, 2.75) is 33.1 Å². The summed E-state index contributed by atoms with van der Waals surface area (Å²) < 4.78 is 24.0. The monoisotopic (exact) mass is 369 g/mol. The predicted octanol–water partition coefficient (Wildman–Crippen LogP) is 4.71. The first-order valence-corrected chi connectivity index (χ1v) is 9.16. The smallest absolute Gasteiger partial charge is 0.224 e. The molecule has 0 fully saturated rings. The summed E-state index contributed by atoms with van der Waals surface area (Å²) in [7, 11) is 0. The Labute approximate surface area is 158 Å². The molecule has 3 aromatic rings. The summed E-state index contributed by atoms with van der Waals surface area (Å²) in [6.07, 6.45) is 3.61. The molecule has 5 heteroatoms. The largest absolute Gasteiger partial charge is 0.494 e. The van der Waals surface area contributed by atoms with Crippen LogP contribution in [0.25, 0.3) is 11.0 Å². The van der Waals surface area contributed by atoms with E-state index in [1.54, 1.807) is 18.4 Å². The molecule has 0 saturated carbocycles. The molecule has 27 heavy (non-hydrogen) atoms. The molecule has 0 spiro atoms. The average molecular weight is 369 g/mol. The Bertz CT molecular complexity index is 915. The Kier molecular flexibility index (Phi) is 6.12. The van der Waals surface area contributed by atoms with E-state index in [0.717, 1.165) is 34.9 Å². The molecule has 0 bridgehead atoms. The normalized spacial score (nSPS) is 10.9. The number of carbonyl (C=O) groups is 1. The molecule has 0 saturated heterocycles. The van der Waals surface area contributed by atoms with Gasteiger partial charge in [0.25, 0.3) is 0 Å². The van der Waals surface area contributed by atoms with Gasteiger partial charge in [0.05, 0.1) is 19.3 Å². The minimum atomic E-state index is -0.277. The summed E-state index contributed by atoms with van der Waals surface area (Å²) in [4.78, 5) is 12.2. The van der Waals surface area contributed by atoms with Gasteiger partial charge in [-0.3, -0.25) is 4.79 Å². The van der Waals surface area contributed by atoms with Gasteiger partial charge in [0.2, 0.25) is 5.91 Å². The van der Waals surface area contributed by atoms with E-state index in [-0.39, 0.29) is 11.7 Å². The van der Waals surface area contributed by atoms with Gasteiger partial charge < -0.3 is 14.5 Å². The molecule has 0 unspecified atom stereocenters. The summed E-state index contributed by atoms with van der Waals surface area (Å²) in [6.45, 7) is 5.20. The highest BCUT2D eigenvalue weighted by atomic mass is 19.1. The molecule has 4 nitrogen and oxygen atoms in total. The molecule has 0 aliphatic heterocycles. The van der Waals surface area contributed by atoms with Gasteiger partial charge in [0.15, 0.2) is 0 Å². The third-order valence-corrected chi connectivity index (χ3v) is 4.67. The second-order valence-electron chi connectivity index (χ2n) is 6.68. The maximum absolute atomic E-state index is 12.8. The fraction of sp³-hybridized carbons (Fsp3) is 0.318. The van der Waals surface area contributed by atoms with Gasteiger partial charge in [-0.05, 0) is 62.1 Å². The van der Waals surface area contributed by atoms with Gasteiger partial charge in [-0.2, -0.15) is 0 Å². The number of nitrogens with one attached hydrogen (secondary N) is 1. The highest BCUT2D eigenvalue weighted by Crippen LogP contribution is 2.26. The van der Waals surface area contributed by atoms with E-state index in [9.17, 15) is 9.18 Å². The van der Waals surface area contributed by atoms with Crippen molar-refractivity contribution < 1.29 is 18.3 Å². The molecule has 0 atom stereocenters. The van der Waals surface area contributed by atoms with Crippen molar-refractivity contribution in [3.05, 3.63) is 65.2 Å². The van der Waals surface area contributed by atoms with Crippen LogP contribution in [0.3, 0.4) is 0 Å². The number of furan rings is 1. The van der Waals surface area contributed by atoms with Crippen LogP contribution in [-0.4, -0.2) is 19.1 Å². The number of aryl methyl sites for hydroxylation is 2. The molecular weight excluding hydrogens is 345 g/mol. The minimum Gasteiger partial charge on any atom is -0.494 e. The lowest BCUT2D eigenvalue weighted by atomic mass is 10.0. The first-order valence-electron chi connectivity index (χ1n) is 9.16. The summed E-state index contributed by atoms with van der Waals surface area (Å²) >= 11 is 0. The fourth-order valence-electron chi connectivity index (χ4n) is 2.94. The first kappa shape index (κ1) is 19.0. The minimum absolute atomic E-state index is 0.0182. The zero-order valence-corrected chi connectivity index (χ0v) is 15.7. The van der Waals surface area contributed by atoms with Gasteiger partial charge >= 0.3 is 0 Å². The topological polar surface area (TPSA) is 51.5 Å². The van der Waals surface area contributed by atoms with Crippen LogP contribution in [0.1, 0.15) is 29.5 Å². The summed E-state index contributed by atoms with van der Waals surface area (Å²) in [5, 5.41) is 3.93. The van der Waals surface area contributed by atoms with E-state index >= 15 is 0 Å². The highest BCUT2D eigenvalue weighted by Gasteiger charge is 2.12. The van der Waals surface area contributed by atoms with E-state index in [4.69, 9.17) is 9.15 Å². The number of fused-ring (bicyclic) bond motifs is 1. The van der Waals surface area contributed by atoms with Crippen molar-refractivity contribution in [2.75, 3.05) is 13.2 Å². The quantitative estimate of drug-likeness (QED) is 0.585. The van der Waals surface area contributed by atoms with Crippen LogP contribution in [-0.2, 0) is 11.2 Å². The van der Waals surface area contributed by atoms with Crippen LogP contribution in [0, 0.1) is 19.7 Å². The number of benzene rings is 2. The molecule has 1 heterocycles. The number of hydrogen-bond donors (Lipinski definition) is 1. The SMILES string of the molecule is Cc1ccc2c(CC(=O)NCCCCOc3ccc(F)cc3)coc2c1C. The van der Waals surface area contributed by atoms with Gasteiger partial charge in [-0.15, -0.1) is 0 Å². The Morgan fingerprint density at radius 1 is 1.11 bits per heavy atom. The van der Waals surface area contributed by atoms with E-state index in [1.165, 1.54) is 17.7 Å².